The van der Waals surface area contributed by atoms with Crippen molar-refractivity contribution in [2.24, 2.45) is 0 Å². The van der Waals surface area contributed by atoms with Crippen LogP contribution in [0, 0.1) is 0 Å². The molecular formula is C20H19NO5S2. The van der Waals surface area contributed by atoms with Gasteiger partial charge in [-0.15, -0.1) is 0 Å². The Morgan fingerprint density at radius 3 is 1.89 bits per heavy atom. The molecule has 0 aliphatic rings. The summed E-state index contributed by atoms with van der Waals surface area (Å²) in [6.07, 6.45) is 0. The summed E-state index contributed by atoms with van der Waals surface area (Å²) in [5.74, 6) is 0.0306. The fourth-order valence-corrected chi connectivity index (χ4v) is 5.09. The molecule has 0 heterocycles. The normalized spacial score (nSPS) is 11.8. The number of hydrogen-bond donors (Lipinski definition) is 0. The lowest BCUT2D eigenvalue weighted by atomic mass is 10.3. The fraction of sp³-hybridized carbons (Fsp3) is 0.100. The second kappa shape index (κ2) is 8.04. The first-order chi connectivity index (χ1) is 13.3. The first-order valence-electron chi connectivity index (χ1n) is 8.52. The third-order valence-electron chi connectivity index (χ3n) is 3.96. The van der Waals surface area contributed by atoms with Crippen molar-refractivity contribution >= 4 is 25.8 Å². The van der Waals surface area contributed by atoms with Crippen molar-refractivity contribution in [1.29, 1.82) is 0 Å². The van der Waals surface area contributed by atoms with E-state index in [-0.39, 0.29) is 22.1 Å². The first kappa shape index (κ1) is 19.9. The standard InChI is InChI=1S/C20H19NO5S2/c1-2-21(27(22,23)19-12-5-3-6-13-19)17-10-9-11-18(16-17)26-28(24,25)20-14-7-4-8-15-20/h3-16H,2H2,1H3. The van der Waals surface area contributed by atoms with Gasteiger partial charge in [-0.25, -0.2) is 8.42 Å². The summed E-state index contributed by atoms with van der Waals surface area (Å²) >= 11 is 0. The Labute approximate surface area is 165 Å². The summed E-state index contributed by atoms with van der Waals surface area (Å²) in [5, 5.41) is 0. The molecule has 0 bridgehead atoms. The van der Waals surface area contributed by atoms with Crippen molar-refractivity contribution in [3.05, 3.63) is 84.9 Å². The van der Waals surface area contributed by atoms with Gasteiger partial charge in [0.1, 0.15) is 10.6 Å². The lowest BCUT2D eigenvalue weighted by molar-refractivity contribution is 0.486. The maximum atomic E-state index is 12.9. The van der Waals surface area contributed by atoms with Gasteiger partial charge in [0.15, 0.2) is 0 Å². The Balaban J connectivity index is 1.94. The van der Waals surface area contributed by atoms with Gasteiger partial charge in [0.25, 0.3) is 10.0 Å². The second-order valence-corrected chi connectivity index (χ2v) is 9.24. The van der Waals surface area contributed by atoms with Crippen molar-refractivity contribution in [3.63, 3.8) is 0 Å². The minimum atomic E-state index is -4.02. The highest BCUT2D eigenvalue weighted by Crippen LogP contribution is 2.28. The van der Waals surface area contributed by atoms with E-state index >= 15 is 0 Å². The maximum Gasteiger partial charge on any atom is 0.339 e. The minimum Gasteiger partial charge on any atom is -0.379 e. The molecular weight excluding hydrogens is 398 g/mol. The third-order valence-corrected chi connectivity index (χ3v) is 7.14. The number of rotatable bonds is 7. The summed E-state index contributed by atoms with van der Waals surface area (Å²) in [6.45, 7) is 1.88. The van der Waals surface area contributed by atoms with Crippen LogP contribution < -0.4 is 8.49 Å². The van der Waals surface area contributed by atoms with Crippen LogP contribution in [0.3, 0.4) is 0 Å². The molecule has 0 amide bonds. The van der Waals surface area contributed by atoms with Crippen molar-refractivity contribution in [2.75, 3.05) is 10.8 Å². The van der Waals surface area contributed by atoms with Gasteiger partial charge in [-0.05, 0) is 43.3 Å². The SMILES string of the molecule is CCN(c1cccc(OS(=O)(=O)c2ccccc2)c1)S(=O)(=O)c1ccccc1. The van der Waals surface area contributed by atoms with E-state index in [9.17, 15) is 16.8 Å². The molecule has 0 aliphatic heterocycles. The zero-order valence-electron chi connectivity index (χ0n) is 15.1. The van der Waals surface area contributed by atoms with E-state index < -0.39 is 20.1 Å². The topological polar surface area (TPSA) is 80.8 Å². The molecule has 0 unspecified atom stereocenters. The van der Waals surface area contributed by atoms with E-state index in [1.807, 2.05) is 0 Å². The molecule has 0 N–H and O–H groups in total. The lowest BCUT2D eigenvalue weighted by Gasteiger charge is -2.23. The van der Waals surface area contributed by atoms with Gasteiger partial charge in [0.05, 0.1) is 10.6 Å². The van der Waals surface area contributed by atoms with E-state index in [0.717, 1.165) is 0 Å². The molecule has 28 heavy (non-hydrogen) atoms. The average molecular weight is 418 g/mol. The first-order valence-corrected chi connectivity index (χ1v) is 11.4. The molecule has 3 aromatic rings. The van der Waals surface area contributed by atoms with Gasteiger partial charge in [-0.1, -0.05) is 42.5 Å². The van der Waals surface area contributed by atoms with Crippen molar-refractivity contribution in [2.45, 2.75) is 16.7 Å². The average Bonchev–Trinajstić information content (AvgIpc) is 2.70. The number of nitrogens with zero attached hydrogens (tertiary/aromatic N) is 1. The number of anilines is 1. The minimum absolute atomic E-state index is 0.0182. The Hall–Kier alpha value is -2.84. The van der Waals surface area contributed by atoms with Gasteiger partial charge in [0.2, 0.25) is 0 Å². The van der Waals surface area contributed by atoms with Crippen LogP contribution in [0.5, 0.6) is 5.75 Å². The zero-order chi connectivity index (χ0) is 20.2. The van der Waals surface area contributed by atoms with Crippen molar-refractivity contribution < 1.29 is 21.0 Å². The highest BCUT2D eigenvalue weighted by Gasteiger charge is 2.24. The van der Waals surface area contributed by atoms with Gasteiger partial charge >= 0.3 is 10.1 Å². The Morgan fingerprint density at radius 2 is 1.32 bits per heavy atom. The largest absolute Gasteiger partial charge is 0.379 e. The van der Waals surface area contributed by atoms with Gasteiger partial charge < -0.3 is 4.18 Å². The summed E-state index contributed by atoms with van der Waals surface area (Å²) < 4.78 is 57.1. The number of benzene rings is 3. The molecule has 146 valence electrons. The molecule has 0 atom stereocenters. The summed E-state index contributed by atoms with van der Waals surface area (Å²) in [5.41, 5.74) is 0.312. The fourth-order valence-electron chi connectivity index (χ4n) is 2.66. The molecule has 0 spiro atoms. The molecule has 0 saturated heterocycles. The maximum absolute atomic E-state index is 12.9. The highest BCUT2D eigenvalue weighted by atomic mass is 32.2. The molecule has 3 rings (SSSR count). The monoisotopic (exact) mass is 417 g/mol. The van der Waals surface area contributed by atoms with Crippen LogP contribution in [0.15, 0.2) is 94.7 Å². The van der Waals surface area contributed by atoms with Crippen LogP contribution in [0.2, 0.25) is 0 Å². The van der Waals surface area contributed by atoms with Gasteiger partial charge in [-0.3, -0.25) is 4.31 Å². The quantitative estimate of drug-likeness (QED) is 0.548. The van der Waals surface area contributed by atoms with Crippen LogP contribution in [0.25, 0.3) is 0 Å². The van der Waals surface area contributed by atoms with Crippen LogP contribution >= 0.6 is 0 Å². The molecule has 0 aliphatic carbocycles. The molecule has 0 fully saturated rings. The van der Waals surface area contributed by atoms with Crippen LogP contribution in [-0.2, 0) is 20.1 Å². The molecule has 3 aromatic carbocycles. The van der Waals surface area contributed by atoms with Crippen LogP contribution in [0.1, 0.15) is 6.92 Å². The second-order valence-electron chi connectivity index (χ2n) is 5.83. The molecule has 0 aromatic heterocycles. The summed E-state index contributed by atoms with van der Waals surface area (Å²) in [6, 6.07) is 21.8. The van der Waals surface area contributed by atoms with E-state index in [4.69, 9.17) is 4.18 Å². The molecule has 0 saturated carbocycles. The third kappa shape index (κ3) is 4.18. The van der Waals surface area contributed by atoms with Gasteiger partial charge in [-0.2, -0.15) is 8.42 Å². The van der Waals surface area contributed by atoms with E-state index in [2.05, 4.69) is 0 Å². The van der Waals surface area contributed by atoms with E-state index in [0.29, 0.717) is 5.69 Å². The van der Waals surface area contributed by atoms with Crippen LogP contribution in [0.4, 0.5) is 5.69 Å². The Bertz CT molecular complexity index is 1150. The lowest BCUT2D eigenvalue weighted by Crippen LogP contribution is -2.30. The van der Waals surface area contributed by atoms with E-state index in [1.165, 1.54) is 40.7 Å². The van der Waals surface area contributed by atoms with Crippen molar-refractivity contribution in [3.8, 4) is 5.75 Å². The molecule has 8 heteroatoms. The van der Waals surface area contributed by atoms with E-state index in [1.54, 1.807) is 55.5 Å². The highest BCUT2D eigenvalue weighted by molar-refractivity contribution is 7.92. The predicted molar refractivity (Wildman–Crippen MR) is 107 cm³/mol. The number of hydrogen-bond acceptors (Lipinski definition) is 5. The van der Waals surface area contributed by atoms with Gasteiger partial charge in [0, 0.05) is 12.6 Å². The Kier molecular flexibility index (Phi) is 5.71. The molecule has 6 nitrogen and oxygen atoms in total. The zero-order valence-corrected chi connectivity index (χ0v) is 16.7. The summed E-state index contributed by atoms with van der Waals surface area (Å²) in [4.78, 5) is 0.171. The van der Waals surface area contributed by atoms with Crippen LogP contribution in [-0.4, -0.2) is 23.4 Å². The molecule has 0 radical (unpaired) electrons. The smallest absolute Gasteiger partial charge is 0.339 e. The Morgan fingerprint density at radius 1 is 0.750 bits per heavy atom. The van der Waals surface area contributed by atoms with Crippen molar-refractivity contribution in [1.82, 2.24) is 0 Å². The summed E-state index contributed by atoms with van der Waals surface area (Å²) in [7, 11) is -7.81. The predicted octanol–water partition coefficient (Wildman–Crippen LogP) is 3.67. The number of sulfonamides is 1.